The number of nitriles is 1. The maximum Gasteiger partial charge on any atom is 0.341 e. The van der Waals surface area contributed by atoms with Gasteiger partial charge in [-0.3, -0.25) is 9.78 Å². The van der Waals surface area contributed by atoms with Crippen LogP contribution in [0.1, 0.15) is 21.7 Å². The topological polar surface area (TPSA) is 114 Å². The van der Waals surface area contributed by atoms with E-state index in [9.17, 15) is 9.59 Å². The molecule has 3 N–H and O–H groups in total. The van der Waals surface area contributed by atoms with Gasteiger partial charge >= 0.3 is 5.69 Å². The molecule has 1 aromatic heterocycles. The van der Waals surface area contributed by atoms with Gasteiger partial charge in [-0.05, 0) is 11.6 Å². The van der Waals surface area contributed by atoms with Crippen molar-refractivity contribution in [3.8, 4) is 6.07 Å². The van der Waals surface area contributed by atoms with Crippen LogP contribution in [0.25, 0.3) is 0 Å². The average molecular weight is 303 g/mol. The minimum Gasteiger partial charge on any atom is -0.348 e. The molecule has 21 heavy (non-hydrogen) atoms. The molecule has 1 heterocycles. The number of carbonyl (C=O) groups excluding carboxylic acids is 1. The first-order valence-corrected chi connectivity index (χ1v) is 7.35. The third-order valence-corrected chi connectivity index (χ3v) is 3.65. The standard InChI is InChI=1S/C13H13N5O2S/c14-7-9-3-1-2-4-10(9)8-21-6-5-15-12(19)11-16-13(20)18-17-11/h1-4H,5-6,8H2,(H,15,19)(H2,16,17,18,20). The molecule has 0 atom stereocenters. The number of rotatable bonds is 6. The van der Waals surface area contributed by atoms with Gasteiger partial charge < -0.3 is 5.32 Å². The molecular weight excluding hydrogens is 290 g/mol. The second-order valence-corrected chi connectivity index (χ2v) is 5.21. The molecule has 1 amide bonds. The largest absolute Gasteiger partial charge is 0.348 e. The van der Waals surface area contributed by atoms with Crippen molar-refractivity contribution in [2.24, 2.45) is 0 Å². The monoisotopic (exact) mass is 303 g/mol. The van der Waals surface area contributed by atoms with Crippen molar-refractivity contribution in [1.82, 2.24) is 20.5 Å². The lowest BCUT2D eigenvalue weighted by Crippen LogP contribution is -2.27. The Hall–Kier alpha value is -2.53. The van der Waals surface area contributed by atoms with E-state index in [0.717, 1.165) is 5.56 Å². The van der Waals surface area contributed by atoms with E-state index in [4.69, 9.17) is 5.26 Å². The minimum absolute atomic E-state index is 0.0279. The normalized spacial score (nSPS) is 10.0. The summed E-state index contributed by atoms with van der Waals surface area (Å²) in [5.74, 6) is 0.949. The molecule has 0 saturated carbocycles. The van der Waals surface area contributed by atoms with Crippen molar-refractivity contribution in [3.05, 3.63) is 51.7 Å². The number of benzene rings is 1. The van der Waals surface area contributed by atoms with Crippen molar-refractivity contribution in [2.75, 3.05) is 12.3 Å². The van der Waals surface area contributed by atoms with Crippen LogP contribution in [0.15, 0.2) is 29.1 Å². The lowest BCUT2D eigenvalue weighted by molar-refractivity contribution is 0.0946. The second-order valence-electron chi connectivity index (χ2n) is 4.10. The van der Waals surface area contributed by atoms with E-state index in [0.29, 0.717) is 23.6 Å². The predicted octanol–water partition coefficient (Wildman–Crippen LogP) is 0.633. The number of nitrogens with one attached hydrogen (secondary N) is 3. The molecule has 2 rings (SSSR count). The first-order chi connectivity index (χ1) is 10.2. The third-order valence-electron chi connectivity index (χ3n) is 2.64. The van der Waals surface area contributed by atoms with Gasteiger partial charge in [0.05, 0.1) is 11.6 Å². The van der Waals surface area contributed by atoms with Gasteiger partial charge in [-0.1, -0.05) is 18.2 Å². The summed E-state index contributed by atoms with van der Waals surface area (Å²) in [7, 11) is 0. The van der Waals surface area contributed by atoms with Crippen molar-refractivity contribution in [1.29, 1.82) is 5.26 Å². The van der Waals surface area contributed by atoms with E-state index >= 15 is 0 Å². The molecule has 0 unspecified atom stereocenters. The van der Waals surface area contributed by atoms with Crippen molar-refractivity contribution in [2.45, 2.75) is 5.75 Å². The Morgan fingerprint density at radius 2 is 2.24 bits per heavy atom. The highest BCUT2D eigenvalue weighted by molar-refractivity contribution is 7.98. The minimum atomic E-state index is -0.511. The fraction of sp³-hybridized carbons (Fsp3) is 0.231. The van der Waals surface area contributed by atoms with Gasteiger partial charge in [0, 0.05) is 18.1 Å². The Labute approximate surface area is 124 Å². The van der Waals surface area contributed by atoms with Crippen LogP contribution in [-0.4, -0.2) is 33.4 Å². The van der Waals surface area contributed by atoms with Gasteiger partial charge in [0.2, 0.25) is 5.82 Å². The smallest absolute Gasteiger partial charge is 0.341 e. The third kappa shape index (κ3) is 4.22. The van der Waals surface area contributed by atoms with Crippen LogP contribution in [0.4, 0.5) is 0 Å². The maximum atomic E-state index is 11.6. The molecule has 0 aliphatic rings. The van der Waals surface area contributed by atoms with Gasteiger partial charge in [-0.15, -0.1) is 5.10 Å². The number of H-pyrrole nitrogens is 2. The molecule has 8 heteroatoms. The van der Waals surface area contributed by atoms with Crippen LogP contribution in [-0.2, 0) is 5.75 Å². The number of aromatic nitrogens is 3. The Bertz CT molecular complexity index is 716. The van der Waals surface area contributed by atoms with E-state index in [1.807, 2.05) is 18.2 Å². The van der Waals surface area contributed by atoms with Crippen LogP contribution in [0.2, 0.25) is 0 Å². The number of amides is 1. The zero-order chi connectivity index (χ0) is 15.1. The van der Waals surface area contributed by atoms with Crippen LogP contribution in [0, 0.1) is 11.3 Å². The second kappa shape index (κ2) is 7.31. The van der Waals surface area contributed by atoms with Crippen LogP contribution >= 0.6 is 11.8 Å². The van der Waals surface area contributed by atoms with Crippen LogP contribution in [0.3, 0.4) is 0 Å². The van der Waals surface area contributed by atoms with E-state index < -0.39 is 11.6 Å². The quantitative estimate of drug-likeness (QED) is 0.677. The average Bonchev–Trinajstić information content (AvgIpc) is 2.94. The summed E-state index contributed by atoms with van der Waals surface area (Å²) in [4.78, 5) is 24.7. The number of nitrogens with zero attached hydrogens (tertiary/aromatic N) is 2. The molecule has 2 aromatic rings. The maximum absolute atomic E-state index is 11.6. The summed E-state index contributed by atoms with van der Waals surface area (Å²) in [5.41, 5.74) is 1.14. The van der Waals surface area contributed by atoms with Gasteiger partial charge in [0.1, 0.15) is 0 Å². The number of hydrogen-bond acceptors (Lipinski definition) is 5. The summed E-state index contributed by atoms with van der Waals surface area (Å²) in [6, 6.07) is 9.57. The predicted molar refractivity (Wildman–Crippen MR) is 78.9 cm³/mol. The summed E-state index contributed by atoms with van der Waals surface area (Å²) in [6.07, 6.45) is 0. The summed E-state index contributed by atoms with van der Waals surface area (Å²) in [6.45, 7) is 0.451. The highest BCUT2D eigenvalue weighted by Gasteiger charge is 2.08. The number of aromatic amines is 2. The fourth-order valence-corrected chi connectivity index (χ4v) is 2.50. The molecule has 0 aliphatic heterocycles. The lowest BCUT2D eigenvalue weighted by atomic mass is 10.1. The van der Waals surface area contributed by atoms with Crippen LogP contribution in [0.5, 0.6) is 0 Å². The van der Waals surface area contributed by atoms with E-state index in [1.54, 1.807) is 17.8 Å². The molecule has 0 bridgehead atoms. The number of hydrogen-bond donors (Lipinski definition) is 3. The molecule has 0 spiro atoms. The Balaban J connectivity index is 1.72. The van der Waals surface area contributed by atoms with Gasteiger partial charge in [0.15, 0.2) is 0 Å². The SMILES string of the molecule is N#Cc1ccccc1CSCCNC(=O)c1n[nH]c(=O)[nH]1. The lowest BCUT2D eigenvalue weighted by Gasteiger charge is -2.04. The van der Waals surface area contributed by atoms with Gasteiger partial charge in [-0.25, -0.2) is 9.89 Å². The van der Waals surface area contributed by atoms with Crippen LogP contribution < -0.4 is 11.0 Å². The molecule has 108 valence electrons. The highest BCUT2D eigenvalue weighted by Crippen LogP contribution is 2.15. The molecular formula is C13H13N5O2S. The van der Waals surface area contributed by atoms with Gasteiger partial charge in [0.25, 0.3) is 5.91 Å². The Kier molecular flexibility index (Phi) is 5.17. The fourth-order valence-electron chi connectivity index (χ4n) is 1.64. The van der Waals surface area contributed by atoms with Crippen molar-refractivity contribution < 1.29 is 4.79 Å². The molecule has 7 nitrogen and oxygen atoms in total. The first-order valence-electron chi connectivity index (χ1n) is 6.19. The van der Waals surface area contributed by atoms with Gasteiger partial charge in [-0.2, -0.15) is 17.0 Å². The van der Waals surface area contributed by atoms with E-state index in [2.05, 4.69) is 26.6 Å². The Morgan fingerprint density at radius 1 is 1.43 bits per heavy atom. The van der Waals surface area contributed by atoms with Crippen molar-refractivity contribution >= 4 is 17.7 Å². The number of thioether (sulfide) groups is 1. The number of carbonyl (C=O) groups is 1. The molecule has 0 saturated heterocycles. The summed E-state index contributed by atoms with van der Waals surface area (Å²) >= 11 is 1.61. The molecule has 0 fully saturated rings. The summed E-state index contributed by atoms with van der Waals surface area (Å²) in [5, 5.41) is 17.3. The molecule has 0 radical (unpaired) electrons. The zero-order valence-electron chi connectivity index (χ0n) is 11.0. The summed E-state index contributed by atoms with van der Waals surface area (Å²) < 4.78 is 0. The Morgan fingerprint density at radius 3 is 2.95 bits per heavy atom. The van der Waals surface area contributed by atoms with Crippen molar-refractivity contribution in [3.63, 3.8) is 0 Å². The van der Waals surface area contributed by atoms with E-state index in [1.165, 1.54) is 0 Å². The highest BCUT2D eigenvalue weighted by atomic mass is 32.2. The molecule has 0 aliphatic carbocycles. The first kappa shape index (κ1) is 14.9. The zero-order valence-corrected chi connectivity index (χ0v) is 11.9. The van der Waals surface area contributed by atoms with E-state index in [-0.39, 0.29) is 5.82 Å². The molecule has 1 aromatic carbocycles.